The summed E-state index contributed by atoms with van der Waals surface area (Å²) in [5.41, 5.74) is 0.885. The fraction of sp³-hybridized carbons (Fsp3) is 0.438. The van der Waals surface area contributed by atoms with E-state index < -0.39 is 17.3 Å². The minimum Gasteiger partial charge on any atom is -0.481 e. The van der Waals surface area contributed by atoms with Crippen LogP contribution in [0.3, 0.4) is 0 Å². The number of aliphatic carboxylic acids is 1. The number of carbonyl (C=O) groups excluding carboxylic acids is 2. The largest absolute Gasteiger partial charge is 0.481 e. The summed E-state index contributed by atoms with van der Waals surface area (Å²) in [6.07, 6.45) is 0.236. The van der Waals surface area contributed by atoms with E-state index in [0.29, 0.717) is 5.56 Å². The number of imide groups is 1. The Morgan fingerprint density at radius 1 is 1.29 bits per heavy atom. The third-order valence-electron chi connectivity index (χ3n) is 3.91. The lowest BCUT2D eigenvalue weighted by molar-refractivity contribution is -0.141. The Bertz CT molecular complexity index is 589. The first kappa shape index (κ1) is 15.2. The predicted octanol–water partition coefficient (Wildman–Crippen LogP) is 2.16. The summed E-state index contributed by atoms with van der Waals surface area (Å²) in [5, 5.41) is 8.96. The maximum absolute atomic E-state index is 12.1. The molecule has 0 bridgehead atoms. The fourth-order valence-corrected chi connectivity index (χ4v) is 2.42. The van der Waals surface area contributed by atoms with Crippen molar-refractivity contribution in [3.8, 4) is 0 Å². The molecule has 1 unspecified atom stereocenters. The standard InChI is InChI=1S/C16H19NO4/c1-10(14(19)20)12-6-4-11(5-7-12)9-17-13(18)8-16(2,3)15(17)21/h4-7,10H,8-9H2,1-3H3,(H,19,20). The second-order valence-electron chi connectivity index (χ2n) is 6.15. The summed E-state index contributed by atoms with van der Waals surface area (Å²) in [7, 11) is 0. The maximum Gasteiger partial charge on any atom is 0.310 e. The smallest absolute Gasteiger partial charge is 0.310 e. The monoisotopic (exact) mass is 289 g/mol. The molecule has 1 aromatic carbocycles. The van der Waals surface area contributed by atoms with Gasteiger partial charge in [0.15, 0.2) is 0 Å². The molecule has 1 saturated heterocycles. The van der Waals surface area contributed by atoms with Gasteiger partial charge in [-0.1, -0.05) is 38.1 Å². The van der Waals surface area contributed by atoms with Crippen molar-refractivity contribution >= 4 is 17.8 Å². The van der Waals surface area contributed by atoms with E-state index in [4.69, 9.17) is 5.11 Å². The van der Waals surface area contributed by atoms with Gasteiger partial charge in [-0.05, 0) is 18.1 Å². The summed E-state index contributed by atoms with van der Waals surface area (Å²) in [4.78, 5) is 36.2. The first-order valence-electron chi connectivity index (χ1n) is 6.89. The summed E-state index contributed by atoms with van der Waals surface area (Å²) >= 11 is 0. The molecule has 0 saturated carbocycles. The van der Waals surface area contributed by atoms with Crippen LogP contribution in [0.2, 0.25) is 0 Å². The number of likely N-dealkylation sites (tertiary alicyclic amines) is 1. The molecule has 0 spiro atoms. The van der Waals surface area contributed by atoms with Crippen molar-refractivity contribution in [2.45, 2.75) is 39.7 Å². The first-order chi connectivity index (χ1) is 9.72. The molecule has 1 fully saturated rings. The van der Waals surface area contributed by atoms with E-state index in [1.54, 1.807) is 45.0 Å². The van der Waals surface area contributed by atoms with Crippen molar-refractivity contribution in [2.24, 2.45) is 5.41 Å². The minimum absolute atomic E-state index is 0.157. The Kier molecular flexibility index (Phi) is 3.85. The highest BCUT2D eigenvalue weighted by atomic mass is 16.4. The summed E-state index contributed by atoms with van der Waals surface area (Å²) in [5.74, 6) is -1.77. The molecular weight excluding hydrogens is 270 g/mol. The Balaban J connectivity index is 2.13. The summed E-state index contributed by atoms with van der Waals surface area (Å²) < 4.78 is 0. The van der Waals surface area contributed by atoms with Crippen molar-refractivity contribution in [3.63, 3.8) is 0 Å². The molecule has 5 heteroatoms. The molecule has 0 aliphatic carbocycles. The van der Waals surface area contributed by atoms with Gasteiger partial charge in [0.2, 0.25) is 11.8 Å². The Morgan fingerprint density at radius 3 is 2.29 bits per heavy atom. The average molecular weight is 289 g/mol. The highest BCUT2D eigenvalue weighted by Crippen LogP contribution is 2.32. The highest BCUT2D eigenvalue weighted by Gasteiger charge is 2.44. The van der Waals surface area contributed by atoms with Crippen LogP contribution in [-0.2, 0) is 20.9 Å². The fourth-order valence-electron chi connectivity index (χ4n) is 2.42. The number of carbonyl (C=O) groups is 3. The number of rotatable bonds is 4. The molecule has 1 aliphatic rings. The lowest BCUT2D eigenvalue weighted by atomic mass is 9.92. The van der Waals surface area contributed by atoms with Crippen LogP contribution in [-0.4, -0.2) is 27.8 Å². The molecule has 1 N–H and O–H groups in total. The lowest BCUT2D eigenvalue weighted by Crippen LogP contribution is -2.32. The predicted molar refractivity (Wildman–Crippen MR) is 76.4 cm³/mol. The van der Waals surface area contributed by atoms with Crippen LogP contribution >= 0.6 is 0 Å². The van der Waals surface area contributed by atoms with Gasteiger partial charge >= 0.3 is 5.97 Å². The zero-order chi connectivity index (χ0) is 15.8. The molecule has 1 heterocycles. The van der Waals surface area contributed by atoms with Gasteiger partial charge in [-0.15, -0.1) is 0 Å². The molecule has 21 heavy (non-hydrogen) atoms. The van der Waals surface area contributed by atoms with Crippen LogP contribution in [0, 0.1) is 5.41 Å². The number of carboxylic acid groups (broad SMARTS) is 1. The van der Waals surface area contributed by atoms with E-state index in [0.717, 1.165) is 5.56 Å². The van der Waals surface area contributed by atoms with E-state index in [-0.39, 0.29) is 24.8 Å². The van der Waals surface area contributed by atoms with E-state index >= 15 is 0 Å². The normalized spacial score (nSPS) is 18.9. The van der Waals surface area contributed by atoms with Crippen LogP contribution in [0.15, 0.2) is 24.3 Å². The van der Waals surface area contributed by atoms with Crippen LogP contribution in [0.4, 0.5) is 0 Å². The van der Waals surface area contributed by atoms with Gasteiger partial charge in [0.05, 0.1) is 17.9 Å². The number of carboxylic acids is 1. The molecular formula is C16H19NO4. The number of hydrogen-bond donors (Lipinski definition) is 1. The van der Waals surface area contributed by atoms with E-state index in [1.165, 1.54) is 4.90 Å². The van der Waals surface area contributed by atoms with Gasteiger partial charge in [0.1, 0.15) is 0 Å². The first-order valence-corrected chi connectivity index (χ1v) is 6.89. The molecule has 1 aromatic rings. The Morgan fingerprint density at radius 2 is 1.86 bits per heavy atom. The van der Waals surface area contributed by atoms with Gasteiger partial charge < -0.3 is 5.11 Å². The zero-order valence-electron chi connectivity index (χ0n) is 12.4. The van der Waals surface area contributed by atoms with Crippen LogP contribution in [0.5, 0.6) is 0 Å². The van der Waals surface area contributed by atoms with Crippen LogP contribution in [0.1, 0.15) is 44.2 Å². The number of nitrogens with zero attached hydrogens (tertiary/aromatic N) is 1. The molecule has 2 amide bonds. The summed E-state index contributed by atoms with van der Waals surface area (Å²) in [6, 6.07) is 6.98. The van der Waals surface area contributed by atoms with E-state index in [1.807, 2.05) is 0 Å². The third kappa shape index (κ3) is 2.96. The van der Waals surface area contributed by atoms with Crippen molar-refractivity contribution in [2.75, 3.05) is 0 Å². The third-order valence-corrected chi connectivity index (χ3v) is 3.91. The van der Waals surface area contributed by atoms with Gasteiger partial charge in [-0.2, -0.15) is 0 Å². The van der Waals surface area contributed by atoms with Crippen LogP contribution < -0.4 is 0 Å². The van der Waals surface area contributed by atoms with Gasteiger partial charge in [0.25, 0.3) is 0 Å². The van der Waals surface area contributed by atoms with Crippen molar-refractivity contribution in [1.82, 2.24) is 4.90 Å². The van der Waals surface area contributed by atoms with Crippen molar-refractivity contribution in [3.05, 3.63) is 35.4 Å². The molecule has 1 aliphatic heterocycles. The molecule has 0 radical (unpaired) electrons. The van der Waals surface area contributed by atoms with Gasteiger partial charge in [-0.25, -0.2) is 0 Å². The number of benzene rings is 1. The second-order valence-corrected chi connectivity index (χ2v) is 6.15. The van der Waals surface area contributed by atoms with Crippen molar-refractivity contribution < 1.29 is 19.5 Å². The topological polar surface area (TPSA) is 74.7 Å². The van der Waals surface area contributed by atoms with E-state index in [9.17, 15) is 14.4 Å². The van der Waals surface area contributed by atoms with E-state index in [2.05, 4.69) is 0 Å². The molecule has 0 aromatic heterocycles. The summed E-state index contributed by atoms with van der Waals surface area (Å²) in [6.45, 7) is 5.39. The SMILES string of the molecule is CC(C(=O)O)c1ccc(CN2C(=O)CC(C)(C)C2=O)cc1. The highest BCUT2D eigenvalue weighted by molar-refractivity contribution is 6.05. The second kappa shape index (κ2) is 5.31. The average Bonchev–Trinajstić information content (AvgIpc) is 2.61. The maximum atomic E-state index is 12.1. The van der Waals surface area contributed by atoms with Crippen LogP contribution in [0.25, 0.3) is 0 Å². The Hall–Kier alpha value is -2.17. The van der Waals surface area contributed by atoms with Gasteiger partial charge in [-0.3, -0.25) is 19.3 Å². The minimum atomic E-state index is -0.880. The molecule has 5 nitrogen and oxygen atoms in total. The number of amides is 2. The van der Waals surface area contributed by atoms with Crippen molar-refractivity contribution in [1.29, 1.82) is 0 Å². The molecule has 1 atom stereocenters. The molecule has 2 rings (SSSR count). The van der Waals surface area contributed by atoms with Gasteiger partial charge in [0, 0.05) is 6.42 Å². The zero-order valence-corrected chi connectivity index (χ0v) is 12.4. The lowest BCUT2D eigenvalue weighted by Gasteiger charge is -2.18. The quantitative estimate of drug-likeness (QED) is 0.862. The molecule has 112 valence electrons. The Labute approximate surface area is 123 Å². The number of hydrogen-bond acceptors (Lipinski definition) is 3.